The molecule has 2 aliphatic carbocycles. The summed E-state index contributed by atoms with van der Waals surface area (Å²) < 4.78 is 2.68. The second-order valence-corrected chi connectivity index (χ2v) is 9.77. The van der Waals surface area contributed by atoms with Crippen molar-refractivity contribution in [2.75, 3.05) is 6.54 Å². The molecule has 0 bridgehead atoms. The molecule has 3 aliphatic rings. The van der Waals surface area contributed by atoms with Gasteiger partial charge in [-0.1, -0.05) is 63.9 Å². The van der Waals surface area contributed by atoms with Gasteiger partial charge in [-0.15, -0.1) is 0 Å². The lowest BCUT2D eigenvalue weighted by atomic mass is 9.86. The minimum Gasteiger partial charge on any atom is -0.337 e. The van der Waals surface area contributed by atoms with Crippen molar-refractivity contribution >= 4 is 10.9 Å². The third kappa shape index (κ3) is 3.65. The Morgan fingerprint density at radius 3 is 2.25 bits per heavy atom. The van der Waals surface area contributed by atoms with Crippen molar-refractivity contribution in [2.45, 2.75) is 108 Å². The first kappa shape index (κ1) is 18.7. The molecule has 2 aromatic rings. The first-order valence-electron chi connectivity index (χ1n) is 12.4. The molecule has 28 heavy (non-hydrogen) atoms. The Balaban J connectivity index is 1.44. The Hall–Kier alpha value is -1.28. The summed E-state index contributed by atoms with van der Waals surface area (Å²) in [6, 6.07) is 8.35. The maximum absolute atomic E-state index is 2.68. The number of quaternary nitrogens is 1. The zero-order valence-corrected chi connectivity index (χ0v) is 17.7. The van der Waals surface area contributed by atoms with Crippen LogP contribution in [-0.2, 0) is 13.0 Å². The van der Waals surface area contributed by atoms with Gasteiger partial charge < -0.3 is 9.88 Å². The Kier molecular flexibility index (Phi) is 5.76. The SMILES string of the molecule is c1cc2c(cc1C1CCCCCCCCCCC1)c1c3n2CC[NH2+][C@@H]3CCC1. The highest BCUT2D eigenvalue weighted by atomic mass is 15.1. The molecule has 0 amide bonds. The van der Waals surface area contributed by atoms with Crippen LogP contribution in [0.4, 0.5) is 0 Å². The quantitative estimate of drug-likeness (QED) is 0.629. The predicted molar refractivity (Wildman–Crippen MR) is 118 cm³/mol. The molecular formula is C26H39N2+. The Bertz CT molecular complexity index is 788. The molecule has 2 heteroatoms. The van der Waals surface area contributed by atoms with Gasteiger partial charge in [0.15, 0.2) is 0 Å². The summed E-state index contributed by atoms with van der Waals surface area (Å²) in [5.41, 5.74) is 6.57. The zero-order chi connectivity index (χ0) is 18.8. The summed E-state index contributed by atoms with van der Waals surface area (Å²) in [6.45, 7) is 2.45. The molecule has 2 N–H and O–H groups in total. The van der Waals surface area contributed by atoms with E-state index >= 15 is 0 Å². The lowest BCUT2D eigenvalue weighted by molar-refractivity contribution is -0.704. The van der Waals surface area contributed by atoms with Crippen LogP contribution < -0.4 is 5.32 Å². The highest BCUT2D eigenvalue weighted by molar-refractivity contribution is 5.87. The minimum atomic E-state index is 0.731. The van der Waals surface area contributed by atoms with Gasteiger partial charge in [0.2, 0.25) is 0 Å². The average molecular weight is 380 g/mol. The fraction of sp³-hybridized carbons (Fsp3) is 0.692. The number of hydrogen-bond acceptors (Lipinski definition) is 0. The fourth-order valence-corrected chi connectivity index (χ4v) is 6.41. The molecule has 1 aromatic carbocycles. The van der Waals surface area contributed by atoms with E-state index < -0.39 is 0 Å². The number of hydrogen-bond donors (Lipinski definition) is 1. The minimum absolute atomic E-state index is 0.731. The zero-order valence-electron chi connectivity index (χ0n) is 17.7. The summed E-state index contributed by atoms with van der Waals surface area (Å²) in [4.78, 5) is 0. The van der Waals surface area contributed by atoms with Crippen molar-refractivity contribution in [3.05, 3.63) is 35.0 Å². The normalized spacial score (nSPS) is 25.1. The van der Waals surface area contributed by atoms with Crippen LogP contribution in [0.1, 0.15) is 112 Å². The molecule has 0 radical (unpaired) electrons. The number of aromatic nitrogens is 1. The smallest absolute Gasteiger partial charge is 0.127 e. The molecule has 1 fully saturated rings. The van der Waals surface area contributed by atoms with Crippen molar-refractivity contribution in [1.82, 2.24) is 4.57 Å². The van der Waals surface area contributed by atoms with Crippen LogP contribution in [0.25, 0.3) is 10.9 Å². The van der Waals surface area contributed by atoms with E-state index in [4.69, 9.17) is 0 Å². The lowest BCUT2D eigenvalue weighted by Gasteiger charge is -2.27. The van der Waals surface area contributed by atoms with Crippen molar-refractivity contribution in [3.8, 4) is 0 Å². The van der Waals surface area contributed by atoms with Gasteiger partial charge in [0.1, 0.15) is 6.04 Å². The summed E-state index contributed by atoms with van der Waals surface area (Å²) in [6.07, 6.45) is 19.9. The van der Waals surface area contributed by atoms with E-state index in [0.29, 0.717) is 0 Å². The van der Waals surface area contributed by atoms with Crippen molar-refractivity contribution in [2.24, 2.45) is 0 Å². The van der Waals surface area contributed by atoms with Gasteiger partial charge in [-0.25, -0.2) is 0 Å². The number of nitrogens with zero attached hydrogens (tertiary/aromatic N) is 1. The highest BCUT2D eigenvalue weighted by Gasteiger charge is 2.32. The standard InChI is InChI=1S/C26H38N2/c1-2-4-6-8-11-20(12-9-7-5-3-1)21-15-16-25-23(19-21)22-13-10-14-24-26(22)28(25)18-17-27-24/h15-16,19-20,24,27H,1-14,17-18H2/p+1/t24-/m1/s1. The number of rotatable bonds is 1. The molecule has 5 rings (SSSR count). The summed E-state index contributed by atoms with van der Waals surface area (Å²) in [5.74, 6) is 0.791. The third-order valence-electron chi connectivity index (χ3n) is 7.91. The van der Waals surface area contributed by atoms with Crippen LogP contribution in [0.5, 0.6) is 0 Å². The molecule has 1 saturated carbocycles. The molecule has 0 unspecified atom stereocenters. The summed E-state index contributed by atoms with van der Waals surface area (Å²) in [5, 5.41) is 4.21. The van der Waals surface area contributed by atoms with Gasteiger partial charge in [-0.3, -0.25) is 0 Å². The van der Waals surface area contributed by atoms with Crippen LogP contribution in [-0.4, -0.2) is 11.1 Å². The topological polar surface area (TPSA) is 21.5 Å². The van der Waals surface area contributed by atoms with E-state index in [1.54, 1.807) is 22.2 Å². The van der Waals surface area contributed by atoms with E-state index in [1.807, 2.05) is 0 Å². The Morgan fingerprint density at radius 2 is 1.50 bits per heavy atom. The van der Waals surface area contributed by atoms with Crippen LogP contribution >= 0.6 is 0 Å². The molecule has 2 nitrogen and oxygen atoms in total. The van der Waals surface area contributed by atoms with Crippen LogP contribution in [0.2, 0.25) is 0 Å². The fourth-order valence-electron chi connectivity index (χ4n) is 6.41. The van der Waals surface area contributed by atoms with Gasteiger partial charge in [-0.05, 0) is 54.9 Å². The maximum atomic E-state index is 2.68. The van der Waals surface area contributed by atoms with E-state index in [1.165, 1.54) is 108 Å². The second kappa shape index (κ2) is 8.61. The largest absolute Gasteiger partial charge is 0.337 e. The Labute approximate surface area is 171 Å². The first-order valence-corrected chi connectivity index (χ1v) is 12.4. The van der Waals surface area contributed by atoms with Crippen LogP contribution in [0, 0.1) is 0 Å². The Morgan fingerprint density at radius 1 is 0.786 bits per heavy atom. The molecule has 1 aliphatic heterocycles. The number of aryl methyl sites for hydroxylation is 1. The van der Waals surface area contributed by atoms with Crippen molar-refractivity contribution in [1.29, 1.82) is 0 Å². The predicted octanol–water partition coefficient (Wildman–Crippen LogP) is 5.98. The number of benzene rings is 1. The average Bonchev–Trinajstić information content (AvgIpc) is 3.04. The van der Waals surface area contributed by atoms with Crippen LogP contribution in [0.15, 0.2) is 18.2 Å². The van der Waals surface area contributed by atoms with Crippen molar-refractivity contribution < 1.29 is 5.32 Å². The first-order chi connectivity index (χ1) is 13.9. The maximum Gasteiger partial charge on any atom is 0.127 e. The van der Waals surface area contributed by atoms with E-state index in [2.05, 4.69) is 28.1 Å². The van der Waals surface area contributed by atoms with Gasteiger partial charge in [-0.2, -0.15) is 0 Å². The second-order valence-electron chi connectivity index (χ2n) is 9.77. The van der Waals surface area contributed by atoms with Crippen molar-refractivity contribution in [3.63, 3.8) is 0 Å². The van der Waals surface area contributed by atoms with Gasteiger partial charge in [0.25, 0.3) is 0 Å². The monoisotopic (exact) mass is 379 g/mol. The van der Waals surface area contributed by atoms with E-state index in [0.717, 1.165) is 12.0 Å². The lowest BCUT2D eigenvalue weighted by Crippen LogP contribution is -2.88. The molecule has 0 spiro atoms. The molecule has 0 saturated heterocycles. The molecular weight excluding hydrogens is 340 g/mol. The van der Waals surface area contributed by atoms with E-state index in [9.17, 15) is 0 Å². The molecule has 1 atom stereocenters. The number of nitrogens with two attached hydrogens (primary N) is 1. The van der Waals surface area contributed by atoms with Crippen LogP contribution in [0.3, 0.4) is 0 Å². The van der Waals surface area contributed by atoms with Gasteiger partial charge >= 0.3 is 0 Å². The van der Waals surface area contributed by atoms with E-state index in [-0.39, 0.29) is 0 Å². The highest BCUT2D eigenvalue weighted by Crippen LogP contribution is 2.39. The summed E-state index contributed by atoms with van der Waals surface area (Å²) >= 11 is 0. The number of fused-ring (bicyclic) bond motifs is 3. The molecule has 152 valence electrons. The van der Waals surface area contributed by atoms with Gasteiger partial charge in [0.05, 0.1) is 18.8 Å². The van der Waals surface area contributed by atoms with Gasteiger partial charge in [0, 0.05) is 17.3 Å². The molecule has 2 heterocycles. The third-order valence-corrected chi connectivity index (χ3v) is 7.91. The summed E-state index contributed by atoms with van der Waals surface area (Å²) in [7, 11) is 0. The molecule has 1 aromatic heterocycles.